The Hall–Kier alpha value is -3.22. The van der Waals surface area contributed by atoms with Crippen molar-refractivity contribution in [1.29, 1.82) is 0 Å². The maximum absolute atomic E-state index is 12.3. The van der Waals surface area contributed by atoms with Crippen LogP contribution in [0.25, 0.3) is 11.5 Å². The van der Waals surface area contributed by atoms with E-state index < -0.39 is 6.61 Å². The minimum atomic E-state index is -2.89. The zero-order valence-electron chi connectivity index (χ0n) is 14.6. The van der Waals surface area contributed by atoms with E-state index in [2.05, 4.69) is 15.0 Å². The van der Waals surface area contributed by atoms with Crippen molar-refractivity contribution in [3.8, 4) is 17.2 Å². The average molecular weight is 372 g/mol. The topological polar surface area (TPSA) is 64.4 Å². The number of hydrogen-bond acceptors (Lipinski definition) is 4. The van der Waals surface area contributed by atoms with Crippen LogP contribution in [0.2, 0.25) is 0 Å². The standard InChI is InChI=1S/C20H18F2N2O3/c1-13(15-8-5-9-17(10-15)27-20(21)22)23-18(25)11-16-12-26-19(24-16)14-6-3-2-4-7-14/h2-10,12-13,20H,11H2,1H3,(H,23,25). The number of aromatic nitrogens is 1. The zero-order chi connectivity index (χ0) is 19.2. The summed E-state index contributed by atoms with van der Waals surface area (Å²) in [6.07, 6.45) is 1.50. The first kappa shape index (κ1) is 18.6. The summed E-state index contributed by atoms with van der Waals surface area (Å²) in [5, 5.41) is 2.81. The predicted octanol–water partition coefficient (Wildman–Crippen LogP) is 4.36. The highest BCUT2D eigenvalue weighted by molar-refractivity contribution is 5.78. The molecule has 1 heterocycles. The quantitative estimate of drug-likeness (QED) is 0.669. The molecular formula is C20H18F2N2O3. The van der Waals surface area contributed by atoms with Gasteiger partial charge < -0.3 is 14.5 Å². The van der Waals surface area contributed by atoms with E-state index in [1.54, 1.807) is 19.1 Å². The van der Waals surface area contributed by atoms with Crippen LogP contribution in [0, 0.1) is 0 Å². The minimum Gasteiger partial charge on any atom is -0.444 e. The van der Waals surface area contributed by atoms with Crippen molar-refractivity contribution in [3.05, 3.63) is 72.1 Å². The van der Waals surface area contributed by atoms with Crippen molar-refractivity contribution in [3.63, 3.8) is 0 Å². The molecule has 2 aromatic carbocycles. The number of carbonyl (C=O) groups is 1. The van der Waals surface area contributed by atoms with Crippen LogP contribution in [-0.2, 0) is 11.2 Å². The van der Waals surface area contributed by atoms with Gasteiger partial charge in [0.25, 0.3) is 0 Å². The summed E-state index contributed by atoms with van der Waals surface area (Å²) >= 11 is 0. The van der Waals surface area contributed by atoms with Crippen molar-refractivity contribution < 1.29 is 22.7 Å². The Balaban J connectivity index is 1.60. The molecule has 1 unspecified atom stereocenters. The summed E-state index contributed by atoms with van der Waals surface area (Å²) in [5.74, 6) is 0.242. The Morgan fingerprint density at radius 3 is 2.70 bits per heavy atom. The fourth-order valence-corrected chi connectivity index (χ4v) is 2.60. The highest BCUT2D eigenvalue weighted by atomic mass is 19.3. The van der Waals surface area contributed by atoms with E-state index in [4.69, 9.17) is 4.42 Å². The molecular weight excluding hydrogens is 354 g/mol. The largest absolute Gasteiger partial charge is 0.444 e. The molecule has 0 aliphatic rings. The first-order valence-corrected chi connectivity index (χ1v) is 8.35. The number of amides is 1. The maximum Gasteiger partial charge on any atom is 0.387 e. The second-order valence-corrected chi connectivity index (χ2v) is 5.93. The number of hydrogen-bond donors (Lipinski definition) is 1. The molecule has 1 amide bonds. The molecule has 3 aromatic rings. The molecule has 0 spiro atoms. The molecule has 0 radical (unpaired) electrons. The fourth-order valence-electron chi connectivity index (χ4n) is 2.60. The second-order valence-electron chi connectivity index (χ2n) is 5.93. The Bertz CT molecular complexity index is 897. The van der Waals surface area contributed by atoms with Crippen LogP contribution in [0.3, 0.4) is 0 Å². The van der Waals surface area contributed by atoms with Gasteiger partial charge in [0.2, 0.25) is 11.8 Å². The number of alkyl halides is 2. The molecule has 5 nitrogen and oxygen atoms in total. The maximum atomic E-state index is 12.3. The van der Waals surface area contributed by atoms with E-state index in [9.17, 15) is 13.6 Å². The first-order chi connectivity index (χ1) is 13.0. The van der Waals surface area contributed by atoms with E-state index in [0.29, 0.717) is 17.1 Å². The van der Waals surface area contributed by atoms with Gasteiger partial charge in [-0.1, -0.05) is 30.3 Å². The number of ether oxygens (including phenoxy) is 1. The average Bonchev–Trinajstić information content (AvgIpc) is 3.10. The molecule has 1 aromatic heterocycles. The van der Waals surface area contributed by atoms with Gasteiger partial charge in [-0.05, 0) is 36.8 Å². The molecule has 0 saturated heterocycles. The molecule has 0 saturated carbocycles. The zero-order valence-corrected chi connectivity index (χ0v) is 14.6. The summed E-state index contributed by atoms with van der Waals surface area (Å²) < 4.78 is 34.4. The summed E-state index contributed by atoms with van der Waals surface area (Å²) in [5.41, 5.74) is 1.99. The van der Waals surface area contributed by atoms with Gasteiger partial charge in [0.15, 0.2) is 0 Å². The monoisotopic (exact) mass is 372 g/mol. The van der Waals surface area contributed by atoms with Crippen LogP contribution in [0.15, 0.2) is 65.3 Å². The van der Waals surface area contributed by atoms with Crippen LogP contribution in [0.5, 0.6) is 5.75 Å². The highest BCUT2D eigenvalue weighted by Crippen LogP contribution is 2.21. The molecule has 0 aliphatic carbocycles. The van der Waals surface area contributed by atoms with E-state index in [1.165, 1.54) is 18.4 Å². The number of rotatable bonds is 7. The molecule has 140 valence electrons. The lowest BCUT2D eigenvalue weighted by Crippen LogP contribution is -2.28. The minimum absolute atomic E-state index is 0.0487. The SMILES string of the molecule is CC(NC(=O)Cc1coc(-c2ccccc2)n1)c1cccc(OC(F)F)c1. The highest BCUT2D eigenvalue weighted by Gasteiger charge is 2.14. The van der Waals surface area contributed by atoms with Crippen LogP contribution in [0.1, 0.15) is 24.2 Å². The van der Waals surface area contributed by atoms with E-state index >= 15 is 0 Å². The van der Waals surface area contributed by atoms with E-state index in [1.807, 2.05) is 30.3 Å². The van der Waals surface area contributed by atoms with Crippen LogP contribution >= 0.6 is 0 Å². The number of benzene rings is 2. The third kappa shape index (κ3) is 5.13. The van der Waals surface area contributed by atoms with Gasteiger partial charge >= 0.3 is 6.61 Å². The normalized spacial score (nSPS) is 12.0. The van der Waals surface area contributed by atoms with Gasteiger partial charge in [-0.3, -0.25) is 4.79 Å². The van der Waals surface area contributed by atoms with Gasteiger partial charge in [-0.2, -0.15) is 8.78 Å². The molecule has 3 rings (SSSR count). The number of halogens is 2. The van der Waals surface area contributed by atoms with Crippen molar-refractivity contribution >= 4 is 5.91 Å². The molecule has 0 fully saturated rings. The van der Waals surface area contributed by atoms with Crippen LogP contribution in [0.4, 0.5) is 8.78 Å². The van der Waals surface area contributed by atoms with Crippen LogP contribution in [-0.4, -0.2) is 17.5 Å². The molecule has 1 atom stereocenters. The van der Waals surface area contributed by atoms with Gasteiger partial charge in [0, 0.05) is 5.56 Å². The summed E-state index contributed by atoms with van der Waals surface area (Å²) in [6.45, 7) is -1.13. The lowest BCUT2D eigenvalue weighted by molar-refractivity contribution is -0.121. The Morgan fingerprint density at radius 1 is 1.19 bits per heavy atom. The molecule has 0 aliphatic heterocycles. The van der Waals surface area contributed by atoms with Crippen molar-refractivity contribution in [2.24, 2.45) is 0 Å². The first-order valence-electron chi connectivity index (χ1n) is 8.35. The number of nitrogens with one attached hydrogen (secondary N) is 1. The smallest absolute Gasteiger partial charge is 0.387 e. The summed E-state index contributed by atoms with van der Waals surface area (Å²) in [4.78, 5) is 16.6. The van der Waals surface area contributed by atoms with Crippen LogP contribution < -0.4 is 10.1 Å². The number of carbonyl (C=O) groups excluding carboxylic acids is 1. The number of oxazole rings is 1. The van der Waals surface area contributed by atoms with Crippen molar-refractivity contribution in [1.82, 2.24) is 10.3 Å². The third-order valence-corrected chi connectivity index (χ3v) is 3.87. The van der Waals surface area contributed by atoms with Gasteiger partial charge in [-0.25, -0.2) is 4.98 Å². The third-order valence-electron chi connectivity index (χ3n) is 3.87. The molecule has 1 N–H and O–H groups in total. The van der Waals surface area contributed by atoms with Crippen molar-refractivity contribution in [2.75, 3.05) is 0 Å². The predicted molar refractivity (Wildman–Crippen MR) is 95.3 cm³/mol. The lowest BCUT2D eigenvalue weighted by atomic mass is 10.1. The van der Waals surface area contributed by atoms with Gasteiger partial charge in [0.1, 0.15) is 12.0 Å². The number of nitrogens with zero attached hydrogens (tertiary/aromatic N) is 1. The fraction of sp³-hybridized carbons (Fsp3) is 0.200. The lowest BCUT2D eigenvalue weighted by Gasteiger charge is -2.15. The Morgan fingerprint density at radius 2 is 1.96 bits per heavy atom. The van der Waals surface area contributed by atoms with Crippen molar-refractivity contribution in [2.45, 2.75) is 26.0 Å². The molecule has 27 heavy (non-hydrogen) atoms. The van der Waals surface area contributed by atoms with Gasteiger partial charge in [-0.15, -0.1) is 0 Å². The second kappa shape index (κ2) is 8.44. The van der Waals surface area contributed by atoms with Gasteiger partial charge in [0.05, 0.1) is 18.2 Å². The summed E-state index contributed by atoms with van der Waals surface area (Å²) in [7, 11) is 0. The molecule has 0 bridgehead atoms. The van der Waals surface area contributed by atoms with E-state index in [0.717, 1.165) is 5.56 Å². The Labute approximate surface area is 155 Å². The summed E-state index contributed by atoms with van der Waals surface area (Å²) in [6, 6.07) is 15.2. The molecule has 7 heteroatoms. The Kier molecular flexibility index (Phi) is 5.80. The van der Waals surface area contributed by atoms with E-state index in [-0.39, 0.29) is 24.1 Å².